The lowest BCUT2D eigenvalue weighted by Gasteiger charge is -2.09. The van der Waals surface area contributed by atoms with Crippen molar-refractivity contribution in [3.05, 3.63) is 38.0 Å². The van der Waals surface area contributed by atoms with Gasteiger partial charge in [0, 0.05) is 11.1 Å². The zero-order valence-corrected chi connectivity index (χ0v) is 12.9. The number of thiazole rings is 1. The van der Waals surface area contributed by atoms with Crippen molar-refractivity contribution < 1.29 is 4.79 Å². The van der Waals surface area contributed by atoms with E-state index in [2.05, 4.69) is 22.1 Å². The van der Waals surface area contributed by atoms with E-state index in [1.807, 2.05) is 26.1 Å². The minimum atomic E-state index is -0.101. The molecule has 0 fully saturated rings. The molecule has 2 rings (SSSR count). The van der Waals surface area contributed by atoms with Crippen LogP contribution in [0.25, 0.3) is 0 Å². The summed E-state index contributed by atoms with van der Waals surface area (Å²) in [5, 5.41) is 3.85. The Balaban J connectivity index is 2.02. The monoisotopic (exact) mass is 305 g/mol. The number of aromatic nitrogens is 1. The number of thiophene rings is 1. The van der Waals surface area contributed by atoms with E-state index >= 15 is 0 Å². The highest BCUT2D eigenvalue weighted by Crippen LogP contribution is 2.21. The van der Waals surface area contributed by atoms with E-state index in [9.17, 15) is 4.79 Å². The molecule has 6 heteroatoms. The molecule has 0 radical (unpaired) electrons. The van der Waals surface area contributed by atoms with Gasteiger partial charge in [-0.15, -0.1) is 22.7 Å². The van der Waals surface area contributed by atoms with Crippen molar-refractivity contribution in [2.75, 3.05) is 6.54 Å². The molecule has 0 spiro atoms. The maximum absolute atomic E-state index is 12.1. The lowest BCUT2D eigenvalue weighted by molar-refractivity contribution is 0.0944. The number of rotatable bonds is 3. The molecule has 104 valence electrons. The Labute approximate surface area is 126 Å². The fraction of sp³-hybridized carbons (Fsp3) is 0.286. The highest BCUT2D eigenvalue weighted by Gasteiger charge is 2.15. The van der Waals surface area contributed by atoms with Crippen LogP contribution in [0.4, 0.5) is 0 Å². The first-order valence-corrected chi connectivity index (χ1v) is 7.75. The molecule has 2 aromatic rings. The van der Waals surface area contributed by atoms with Crippen LogP contribution in [0, 0.1) is 18.8 Å². The average Bonchev–Trinajstić information content (AvgIpc) is 3.05. The maximum atomic E-state index is 12.1. The molecule has 0 aliphatic heterocycles. The number of carbonyl (C=O) groups excluding carboxylic acids is 1. The Morgan fingerprint density at radius 2 is 2.30 bits per heavy atom. The molecule has 1 amide bonds. The Kier molecular flexibility index (Phi) is 4.90. The zero-order chi connectivity index (χ0) is 14.5. The van der Waals surface area contributed by atoms with Crippen LogP contribution in [-0.4, -0.2) is 17.4 Å². The summed E-state index contributed by atoms with van der Waals surface area (Å²) in [6, 6.07) is 3.52. The molecule has 0 saturated carbocycles. The topological polar surface area (TPSA) is 68.0 Å². The van der Waals surface area contributed by atoms with Crippen LogP contribution in [0.3, 0.4) is 0 Å². The predicted molar refractivity (Wildman–Crippen MR) is 83.0 cm³/mol. The summed E-state index contributed by atoms with van der Waals surface area (Å²) in [6.07, 6.45) is 1.81. The number of nitrogens with two attached hydrogens (primary N) is 1. The van der Waals surface area contributed by atoms with Crippen molar-refractivity contribution in [3.63, 3.8) is 0 Å². The van der Waals surface area contributed by atoms with E-state index in [1.54, 1.807) is 17.4 Å². The summed E-state index contributed by atoms with van der Waals surface area (Å²) < 4.78 is 0. The second-order valence-corrected chi connectivity index (χ2v) is 6.52. The van der Waals surface area contributed by atoms with Gasteiger partial charge in [0.25, 0.3) is 5.91 Å². The van der Waals surface area contributed by atoms with Gasteiger partial charge in [-0.25, -0.2) is 4.98 Å². The van der Waals surface area contributed by atoms with Gasteiger partial charge < -0.3 is 11.1 Å². The number of nitrogens with one attached hydrogen (secondary N) is 1. The lowest BCUT2D eigenvalue weighted by atomic mass is 10.3. The van der Waals surface area contributed by atoms with Gasteiger partial charge in [0.2, 0.25) is 0 Å². The number of nitrogens with zero attached hydrogens (tertiary/aromatic N) is 1. The second kappa shape index (κ2) is 6.66. The molecule has 0 aliphatic carbocycles. The number of hydrogen-bond acceptors (Lipinski definition) is 5. The van der Waals surface area contributed by atoms with Crippen molar-refractivity contribution in [1.82, 2.24) is 10.3 Å². The third-order valence-corrected chi connectivity index (χ3v) is 4.60. The van der Waals surface area contributed by atoms with Gasteiger partial charge in [0.05, 0.1) is 22.3 Å². The summed E-state index contributed by atoms with van der Waals surface area (Å²) in [4.78, 5) is 19.0. The highest BCUT2D eigenvalue weighted by molar-refractivity contribution is 7.14. The summed E-state index contributed by atoms with van der Waals surface area (Å²) in [5.74, 6) is 5.59. The second-order valence-electron chi connectivity index (χ2n) is 4.17. The standard InChI is InChI=1S/C14H15N3OS2/c1-9-8-16-14(19-9)10(2)17-13(18)12-6-5-11(20-12)4-3-7-15/h5-6,8,10H,7,15H2,1-2H3,(H,17,18). The molecule has 3 N–H and O–H groups in total. The summed E-state index contributed by atoms with van der Waals surface area (Å²) in [7, 11) is 0. The fourth-order valence-corrected chi connectivity index (χ4v) is 3.13. The quantitative estimate of drug-likeness (QED) is 0.855. The van der Waals surface area contributed by atoms with Crippen LogP contribution >= 0.6 is 22.7 Å². The van der Waals surface area contributed by atoms with Crippen molar-refractivity contribution in [2.24, 2.45) is 5.73 Å². The first kappa shape index (κ1) is 14.7. The smallest absolute Gasteiger partial charge is 0.261 e. The molecule has 1 atom stereocenters. The van der Waals surface area contributed by atoms with E-state index in [4.69, 9.17) is 5.73 Å². The largest absolute Gasteiger partial charge is 0.342 e. The van der Waals surface area contributed by atoms with Crippen molar-refractivity contribution >= 4 is 28.6 Å². The van der Waals surface area contributed by atoms with Crippen LogP contribution in [0.2, 0.25) is 0 Å². The zero-order valence-electron chi connectivity index (χ0n) is 11.3. The number of amides is 1. The van der Waals surface area contributed by atoms with Crippen molar-refractivity contribution in [1.29, 1.82) is 0 Å². The van der Waals surface area contributed by atoms with Crippen LogP contribution in [-0.2, 0) is 0 Å². The Morgan fingerprint density at radius 1 is 1.50 bits per heavy atom. The van der Waals surface area contributed by atoms with Gasteiger partial charge in [0.15, 0.2) is 0 Å². The van der Waals surface area contributed by atoms with Gasteiger partial charge in [-0.1, -0.05) is 11.8 Å². The van der Waals surface area contributed by atoms with E-state index in [-0.39, 0.29) is 11.9 Å². The van der Waals surface area contributed by atoms with E-state index in [0.29, 0.717) is 11.4 Å². The van der Waals surface area contributed by atoms with Gasteiger partial charge in [0.1, 0.15) is 5.01 Å². The van der Waals surface area contributed by atoms with E-state index in [1.165, 1.54) is 11.3 Å². The normalized spacial score (nSPS) is 11.6. The number of aryl methyl sites for hydroxylation is 1. The minimum Gasteiger partial charge on any atom is -0.342 e. The first-order valence-electron chi connectivity index (χ1n) is 6.12. The lowest BCUT2D eigenvalue weighted by Crippen LogP contribution is -2.25. The Bertz CT molecular complexity index is 663. The van der Waals surface area contributed by atoms with Crippen molar-refractivity contribution in [2.45, 2.75) is 19.9 Å². The van der Waals surface area contributed by atoms with Crippen LogP contribution in [0.15, 0.2) is 18.3 Å². The number of carbonyl (C=O) groups is 1. The highest BCUT2D eigenvalue weighted by atomic mass is 32.1. The molecule has 0 aliphatic rings. The van der Waals surface area contributed by atoms with E-state index < -0.39 is 0 Å². The molecule has 2 heterocycles. The Morgan fingerprint density at radius 3 is 2.95 bits per heavy atom. The fourth-order valence-electron chi connectivity index (χ4n) is 1.57. The summed E-state index contributed by atoms with van der Waals surface area (Å²) in [6.45, 7) is 4.25. The minimum absolute atomic E-state index is 0.0955. The van der Waals surface area contributed by atoms with Gasteiger partial charge in [-0.05, 0) is 26.0 Å². The molecular formula is C14H15N3OS2. The van der Waals surface area contributed by atoms with Gasteiger partial charge in [-0.3, -0.25) is 4.79 Å². The molecule has 0 aromatic carbocycles. The first-order chi connectivity index (χ1) is 9.60. The van der Waals surface area contributed by atoms with Gasteiger partial charge >= 0.3 is 0 Å². The van der Waals surface area contributed by atoms with Crippen LogP contribution in [0.5, 0.6) is 0 Å². The molecule has 1 unspecified atom stereocenters. The average molecular weight is 305 g/mol. The number of hydrogen-bond donors (Lipinski definition) is 2. The molecule has 0 saturated heterocycles. The Hall–Kier alpha value is -1.68. The SMILES string of the molecule is Cc1cnc(C(C)NC(=O)c2ccc(C#CCN)s2)s1. The molecular weight excluding hydrogens is 290 g/mol. The van der Waals surface area contributed by atoms with Crippen LogP contribution < -0.4 is 11.1 Å². The third-order valence-electron chi connectivity index (χ3n) is 2.50. The van der Waals surface area contributed by atoms with Crippen molar-refractivity contribution in [3.8, 4) is 11.8 Å². The maximum Gasteiger partial charge on any atom is 0.261 e. The van der Waals surface area contributed by atoms with Gasteiger partial charge in [-0.2, -0.15) is 0 Å². The molecule has 20 heavy (non-hydrogen) atoms. The van der Waals surface area contributed by atoms with E-state index in [0.717, 1.165) is 14.8 Å². The molecule has 2 aromatic heterocycles. The predicted octanol–water partition coefficient (Wildman–Crippen LogP) is 2.31. The molecule has 4 nitrogen and oxygen atoms in total. The summed E-state index contributed by atoms with van der Waals surface area (Å²) >= 11 is 2.96. The summed E-state index contributed by atoms with van der Waals surface area (Å²) in [5.41, 5.74) is 5.32. The van der Waals surface area contributed by atoms with Crippen LogP contribution in [0.1, 0.15) is 37.4 Å². The molecule has 0 bridgehead atoms. The third kappa shape index (κ3) is 3.67.